The molecular formula is C11H12BrF2NO. The van der Waals surface area contributed by atoms with E-state index < -0.39 is 17.4 Å². The Morgan fingerprint density at radius 1 is 1.50 bits per heavy atom. The van der Waals surface area contributed by atoms with E-state index in [1.54, 1.807) is 0 Å². The maximum Gasteiger partial charge on any atom is 0.166 e. The minimum Gasteiger partial charge on any atom is -0.505 e. The zero-order chi connectivity index (χ0) is 11.7. The predicted molar refractivity (Wildman–Crippen MR) is 60.5 cm³/mol. The van der Waals surface area contributed by atoms with Crippen LogP contribution in [0.2, 0.25) is 0 Å². The van der Waals surface area contributed by atoms with Crippen LogP contribution < -0.4 is 5.32 Å². The van der Waals surface area contributed by atoms with Gasteiger partial charge in [0.05, 0.1) is 4.47 Å². The van der Waals surface area contributed by atoms with Gasteiger partial charge in [-0.2, -0.15) is 0 Å². The first-order valence-corrected chi connectivity index (χ1v) is 5.97. The predicted octanol–water partition coefficient (Wildman–Crippen LogP) is 2.73. The fraction of sp³-hybridized carbons (Fsp3) is 0.455. The normalized spacial score (nSPS) is 20.3. The number of aromatic hydroxyl groups is 1. The van der Waals surface area contributed by atoms with E-state index >= 15 is 0 Å². The van der Waals surface area contributed by atoms with Gasteiger partial charge in [-0.3, -0.25) is 0 Å². The molecule has 2 rings (SSSR count). The molecule has 1 aliphatic heterocycles. The summed E-state index contributed by atoms with van der Waals surface area (Å²) in [6.07, 6.45) is 2.27. The summed E-state index contributed by atoms with van der Waals surface area (Å²) in [5.41, 5.74) is 0.0475. The van der Waals surface area contributed by atoms with Crippen molar-refractivity contribution in [2.75, 3.05) is 6.54 Å². The van der Waals surface area contributed by atoms with Crippen LogP contribution in [0.15, 0.2) is 10.5 Å². The molecule has 1 aliphatic rings. The van der Waals surface area contributed by atoms with Crippen LogP contribution >= 0.6 is 15.9 Å². The average molecular weight is 292 g/mol. The number of nitrogens with one attached hydrogen (secondary N) is 1. The van der Waals surface area contributed by atoms with E-state index in [0.29, 0.717) is 6.42 Å². The lowest BCUT2D eigenvalue weighted by Crippen LogP contribution is -2.24. The van der Waals surface area contributed by atoms with E-state index in [9.17, 15) is 13.9 Å². The van der Waals surface area contributed by atoms with Gasteiger partial charge in [-0.1, -0.05) is 0 Å². The quantitative estimate of drug-likeness (QED) is 0.821. The van der Waals surface area contributed by atoms with Gasteiger partial charge in [-0.05, 0) is 47.8 Å². The summed E-state index contributed by atoms with van der Waals surface area (Å²) in [4.78, 5) is 0. The van der Waals surface area contributed by atoms with E-state index in [1.165, 1.54) is 0 Å². The lowest BCUT2D eigenvalue weighted by Gasteiger charge is -2.13. The minimum absolute atomic E-state index is 0.0475. The van der Waals surface area contributed by atoms with Crippen molar-refractivity contribution in [2.45, 2.75) is 25.3 Å². The van der Waals surface area contributed by atoms with Gasteiger partial charge in [-0.25, -0.2) is 8.78 Å². The Hall–Kier alpha value is -0.680. The highest BCUT2D eigenvalue weighted by Gasteiger charge is 2.22. The van der Waals surface area contributed by atoms with Gasteiger partial charge in [0, 0.05) is 11.6 Å². The van der Waals surface area contributed by atoms with Crippen LogP contribution in [-0.4, -0.2) is 17.7 Å². The third kappa shape index (κ3) is 2.20. The summed E-state index contributed by atoms with van der Waals surface area (Å²) in [5, 5.41) is 12.7. The minimum atomic E-state index is -0.790. The van der Waals surface area contributed by atoms with Crippen molar-refractivity contribution in [3.8, 4) is 5.75 Å². The molecule has 1 saturated heterocycles. The Morgan fingerprint density at radius 2 is 2.25 bits per heavy atom. The molecule has 2 N–H and O–H groups in total. The van der Waals surface area contributed by atoms with Crippen LogP contribution in [0, 0.1) is 11.6 Å². The number of hydrogen-bond donors (Lipinski definition) is 2. The molecule has 0 saturated carbocycles. The van der Waals surface area contributed by atoms with Gasteiger partial charge in [-0.15, -0.1) is 0 Å². The molecule has 0 bridgehead atoms. The third-order valence-electron chi connectivity index (χ3n) is 2.85. The number of phenols is 1. The van der Waals surface area contributed by atoms with Crippen LogP contribution in [0.1, 0.15) is 18.4 Å². The molecule has 1 heterocycles. The lowest BCUT2D eigenvalue weighted by atomic mass is 10.0. The second-order valence-corrected chi connectivity index (χ2v) is 4.83. The van der Waals surface area contributed by atoms with Gasteiger partial charge >= 0.3 is 0 Å². The standard InChI is InChI=1S/C11H12BrF2NO/c12-8-5-9(13)11(16)7(10(8)14)4-6-2-1-3-15-6/h5-6,15-16H,1-4H2. The fourth-order valence-corrected chi connectivity index (χ4v) is 2.44. The van der Waals surface area contributed by atoms with Gasteiger partial charge in [0.1, 0.15) is 5.82 Å². The monoisotopic (exact) mass is 291 g/mol. The summed E-state index contributed by atoms with van der Waals surface area (Å²) >= 11 is 2.93. The van der Waals surface area contributed by atoms with Crippen molar-refractivity contribution in [1.29, 1.82) is 0 Å². The molecule has 1 aromatic carbocycles. The molecule has 0 aromatic heterocycles. The van der Waals surface area contributed by atoms with Crippen LogP contribution in [0.5, 0.6) is 5.75 Å². The van der Waals surface area contributed by atoms with Gasteiger partial charge in [0.2, 0.25) is 0 Å². The molecule has 5 heteroatoms. The van der Waals surface area contributed by atoms with Crippen molar-refractivity contribution < 1.29 is 13.9 Å². The average Bonchev–Trinajstić information content (AvgIpc) is 2.74. The van der Waals surface area contributed by atoms with Crippen molar-refractivity contribution in [1.82, 2.24) is 5.32 Å². The molecule has 1 fully saturated rings. The largest absolute Gasteiger partial charge is 0.505 e. The second kappa shape index (κ2) is 4.67. The van der Waals surface area contributed by atoms with Gasteiger partial charge in [0.25, 0.3) is 0 Å². The first kappa shape index (κ1) is 11.8. The van der Waals surface area contributed by atoms with Crippen molar-refractivity contribution >= 4 is 15.9 Å². The summed E-state index contributed by atoms with van der Waals surface area (Å²) in [5.74, 6) is -1.94. The Kier molecular flexibility index (Phi) is 3.44. The van der Waals surface area contributed by atoms with Crippen LogP contribution in [0.25, 0.3) is 0 Å². The highest BCUT2D eigenvalue weighted by atomic mass is 79.9. The van der Waals surface area contributed by atoms with E-state index in [1.807, 2.05) is 0 Å². The molecule has 1 aromatic rings. The molecule has 0 spiro atoms. The molecule has 0 amide bonds. The third-order valence-corrected chi connectivity index (χ3v) is 3.43. The molecule has 1 unspecified atom stereocenters. The van der Waals surface area contributed by atoms with E-state index in [0.717, 1.165) is 25.5 Å². The Labute approximate surface area is 101 Å². The number of hydrogen-bond acceptors (Lipinski definition) is 2. The molecule has 1 atom stereocenters. The first-order chi connectivity index (χ1) is 7.59. The number of halogens is 3. The lowest BCUT2D eigenvalue weighted by molar-refractivity contribution is 0.411. The highest BCUT2D eigenvalue weighted by Crippen LogP contribution is 2.31. The van der Waals surface area contributed by atoms with Crippen LogP contribution in [0.4, 0.5) is 8.78 Å². The second-order valence-electron chi connectivity index (χ2n) is 3.98. The van der Waals surface area contributed by atoms with Crippen LogP contribution in [-0.2, 0) is 6.42 Å². The maximum absolute atomic E-state index is 13.7. The van der Waals surface area contributed by atoms with Crippen molar-refractivity contribution in [3.05, 3.63) is 27.7 Å². The summed E-state index contributed by atoms with van der Waals surface area (Å²) in [6, 6.07) is 1.06. The van der Waals surface area contributed by atoms with Gasteiger partial charge < -0.3 is 10.4 Å². The number of rotatable bonds is 2. The maximum atomic E-state index is 13.7. The van der Waals surface area contributed by atoms with Crippen molar-refractivity contribution in [2.24, 2.45) is 0 Å². The molecule has 2 nitrogen and oxygen atoms in total. The van der Waals surface area contributed by atoms with Crippen LogP contribution in [0.3, 0.4) is 0 Å². The molecule has 0 aliphatic carbocycles. The summed E-state index contributed by atoms with van der Waals surface area (Å²) in [6.45, 7) is 0.892. The van der Waals surface area contributed by atoms with Gasteiger partial charge in [0.15, 0.2) is 11.6 Å². The Balaban J connectivity index is 2.31. The van der Waals surface area contributed by atoms with E-state index in [4.69, 9.17) is 0 Å². The highest BCUT2D eigenvalue weighted by molar-refractivity contribution is 9.10. The Morgan fingerprint density at radius 3 is 2.88 bits per heavy atom. The molecular weight excluding hydrogens is 280 g/mol. The Bertz CT molecular complexity index is 379. The topological polar surface area (TPSA) is 32.3 Å². The molecule has 16 heavy (non-hydrogen) atoms. The van der Waals surface area contributed by atoms with E-state index in [2.05, 4.69) is 21.2 Å². The zero-order valence-electron chi connectivity index (χ0n) is 8.56. The van der Waals surface area contributed by atoms with Crippen molar-refractivity contribution in [3.63, 3.8) is 0 Å². The summed E-state index contributed by atoms with van der Waals surface area (Å²) < 4.78 is 27.0. The SMILES string of the molecule is Oc1c(F)cc(Br)c(F)c1CC1CCCN1. The fourth-order valence-electron chi connectivity index (χ4n) is 2.00. The first-order valence-electron chi connectivity index (χ1n) is 5.18. The molecule has 88 valence electrons. The number of benzene rings is 1. The number of phenolic OH excluding ortho intramolecular Hbond substituents is 1. The zero-order valence-corrected chi connectivity index (χ0v) is 10.2. The summed E-state index contributed by atoms with van der Waals surface area (Å²) in [7, 11) is 0. The smallest absolute Gasteiger partial charge is 0.166 e. The molecule has 0 radical (unpaired) electrons. The van der Waals surface area contributed by atoms with E-state index in [-0.39, 0.29) is 16.1 Å².